The number of anilines is 2. The highest BCUT2D eigenvalue weighted by Gasteiger charge is 2.28. The number of hydrogen-bond donors (Lipinski definition) is 3. The summed E-state index contributed by atoms with van der Waals surface area (Å²) < 4.78 is 25.4. The molecule has 1 aromatic heterocycles. The van der Waals surface area contributed by atoms with Gasteiger partial charge in [-0.1, -0.05) is 36.4 Å². The van der Waals surface area contributed by atoms with Gasteiger partial charge in [-0.25, -0.2) is 13.4 Å². The fraction of sp³-hybridized carbons (Fsp3) is 0.318. The smallest absolute Gasteiger partial charge is 0.180 e. The second-order valence-electron chi connectivity index (χ2n) is 7.87. The number of aliphatic hydroxyl groups excluding tert-OH is 1. The summed E-state index contributed by atoms with van der Waals surface area (Å²) in [6, 6.07) is 16.9. The maximum absolute atomic E-state index is 12.7. The number of fused-ring (bicyclic) bond motifs is 2. The number of nitrogens with one attached hydrogen (secondary N) is 2. The molecule has 30 heavy (non-hydrogen) atoms. The molecule has 3 aromatic rings. The first-order valence-corrected chi connectivity index (χ1v) is 11.8. The Kier molecular flexibility index (Phi) is 4.85. The van der Waals surface area contributed by atoms with Crippen molar-refractivity contribution in [1.29, 1.82) is 0 Å². The molecule has 0 saturated carbocycles. The Hall–Kier alpha value is -2.68. The van der Waals surface area contributed by atoms with Gasteiger partial charge in [0.05, 0.1) is 28.3 Å². The number of β-amino-alcohol motifs (C(OH)–C–C–N with tert-alkyl or cyclic N) is 1. The first kappa shape index (κ1) is 19.3. The third-order valence-corrected chi connectivity index (χ3v) is 7.64. The van der Waals surface area contributed by atoms with Gasteiger partial charge in [-0.3, -0.25) is 0 Å². The van der Waals surface area contributed by atoms with E-state index in [9.17, 15) is 13.5 Å². The first-order valence-electron chi connectivity index (χ1n) is 10.1. The van der Waals surface area contributed by atoms with Crippen molar-refractivity contribution >= 4 is 32.2 Å². The maximum Gasteiger partial charge on any atom is 0.180 e. The fourth-order valence-electron chi connectivity index (χ4n) is 4.21. The zero-order valence-electron chi connectivity index (χ0n) is 16.5. The predicted octanol–water partition coefficient (Wildman–Crippen LogP) is 1.77. The van der Waals surface area contributed by atoms with Crippen LogP contribution in [-0.2, 0) is 16.4 Å². The molecule has 0 amide bonds. The van der Waals surface area contributed by atoms with Crippen LogP contribution in [0, 0.1) is 0 Å². The number of nitrogens with zero attached hydrogens (tertiary/aromatic N) is 2. The number of aromatic nitrogens is 1. The van der Waals surface area contributed by atoms with E-state index in [1.54, 1.807) is 12.1 Å². The van der Waals surface area contributed by atoms with E-state index in [2.05, 4.69) is 10.6 Å². The zero-order chi connectivity index (χ0) is 20.7. The second-order valence-corrected chi connectivity index (χ2v) is 9.95. The van der Waals surface area contributed by atoms with E-state index in [4.69, 9.17) is 4.98 Å². The third-order valence-electron chi connectivity index (χ3n) is 5.85. The van der Waals surface area contributed by atoms with Crippen molar-refractivity contribution in [1.82, 2.24) is 10.3 Å². The van der Waals surface area contributed by atoms with E-state index in [0.717, 1.165) is 28.0 Å². The van der Waals surface area contributed by atoms with Gasteiger partial charge in [-0.2, -0.15) is 0 Å². The third kappa shape index (κ3) is 3.51. The van der Waals surface area contributed by atoms with Crippen LogP contribution in [0.3, 0.4) is 0 Å². The summed E-state index contributed by atoms with van der Waals surface area (Å²) in [5.41, 5.74) is 2.51. The second kappa shape index (κ2) is 7.54. The molecule has 5 rings (SSSR count). The molecule has 2 atom stereocenters. The minimum absolute atomic E-state index is 0.0482. The number of aliphatic hydroxyl groups is 1. The van der Waals surface area contributed by atoms with E-state index in [-0.39, 0.29) is 11.8 Å². The van der Waals surface area contributed by atoms with Gasteiger partial charge in [-0.15, -0.1) is 0 Å². The van der Waals surface area contributed by atoms with Crippen molar-refractivity contribution in [3.8, 4) is 0 Å². The number of rotatable bonds is 3. The van der Waals surface area contributed by atoms with Gasteiger partial charge < -0.3 is 20.6 Å². The van der Waals surface area contributed by atoms with Gasteiger partial charge in [0.15, 0.2) is 9.84 Å². The molecule has 0 radical (unpaired) electrons. The van der Waals surface area contributed by atoms with Crippen molar-refractivity contribution < 1.29 is 13.5 Å². The van der Waals surface area contributed by atoms with Crippen LogP contribution in [0.1, 0.15) is 5.56 Å². The summed E-state index contributed by atoms with van der Waals surface area (Å²) >= 11 is 0. The van der Waals surface area contributed by atoms with Crippen molar-refractivity contribution in [2.45, 2.75) is 23.6 Å². The largest absolute Gasteiger partial charge is 0.390 e. The molecule has 1 fully saturated rings. The molecule has 7 nitrogen and oxygen atoms in total. The minimum Gasteiger partial charge on any atom is -0.390 e. The summed E-state index contributed by atoms with van der Waals surface area (Å²) in [5.74, 6) is 0.774. The van der Waals surface area contributed by atoms with Crippen LogP contribution < -0.4 is 15.5 Å². The quantitative estimate of drug-likeness (QED) is 0.590. The summed E-state index contributed by atoms with van der Waals surface area (Å²) in [7, 11) is -3.32. The molecule has 1 saturated heterocycles. The Bertz CT molecular complexity index is 1200. The lowest BCUT2D eigenvalue weighted by molar-refractivity contribution is 0.185. The number of sulfone groups is 1. The Morgan fingerprint density at radius 2 is 1.90 bits per heavy atom. The van der Waals surface area contributed by atoms with Crippen LogP contribution in [0.5, 0.6) is 0 Å². The maximum atomic E-state index is 12.7. The average molecular weight is 425 g/mol. The number of benzene rings is 2. The van der Waals surface area contributed by atoms with E-state index in [1.165, 1.54) is 0 Å². The normalized spacial score (nSPS) is 23.2. The number of para-hydroxylation sites is 1. The topological polar surface area (TPSA) is 94.6 Å². The molecule has 0 aliphatic carbocycles. The van der Waals surface area contributed by atoms with Gasteiger partial charge in [0.1, 0.15) is 5.82 Å². The molecule has 0 unspecified atom stereocenters. The number of hydrogen-bond acceptors (Lipinski definition) is 7. The molecule has 8 heteroatoms. The molecule has 2 aliphatic rings. The van der Waals surface area contributed by atoms with Crippen LogP contribution >= 0.6 is 0 Å². The highest BCUT2D eigenvalue weighted by molar-refractivity contribution is 7.91. The van der Waals surface area contributed by atoms with Crippen molar-refractivity contribution in [3.63, 3.8) is 0 Å². The van der Waals surface area contributed by atoms with Gasteiger partial charge in [0.2, 0.25) is 0 Å². The zero-order valence-corrected chi connectivity index (χ0v) is 17.3. The van der Waals surface area contributed by atoms with Crippen LogP contribution in [-0.4, -0.2) is 56.0 Å². The number of pyridine rings is 1. The van der Waals surface area contributed by atoms with E-state index in [1.807, 2.05) is 47.4 Å². The molecule has 0 bridgehead atoms. The Labute approximate surface area is 175 Å². The van der Waals surface area contributed by atoms with Crippen LogP contribution in [0.4, 0.5) is 11.5 Å². The summed E-state index contributed by atoms with van der Waals surface area (Å²) in [4.78, 5) is 7.26. The van der Waals surface area contributed by atoms with Crippen LogP contribution in [0.15, 0.2) is 59.5 Å². The van der Waals surface area contributed by atoms with Crippen molar-refractivity contribution in [2.24, 2.45) is 0 Å². The molecule has 3 N–H and O–H groups in total. The molecule has 2 aromatic carbocycles. The standard InChI is InChI=1S/C22H24N4O3S/c27-20-13-23-12-19(20)24-18-11-22(25-17-7-3-2-6-16(17)18)26-9-10-30(28,29)21-8-4-1-5-15(21)14-26/h1-8,11,19-20,23,27H,9-10,12-14H2,(H,24,25)/t19-,20-/m1/s1. The molecule has 0 spiro atoms. The lowest BCUT2D eigenvalue weighted by atomic mass is 10.1. The molecule has 3 heterocycles. The van der Waals surface area contributed by atoms with Gasteiger partial charge in [-0.05, 0) is 17.7 Å². The summed E-state index contributed by atoms with van der Waals surface area (Å²) in [5, 5.41) is 17.9. The van der Waals surface area contributed by atoms with Crippen molar-refractivity contribution in [2.75, 3.05) is 35.6 Å². The Morgan fingerprint density at radius 3 is 2.73 bits per heavy atom. The highest BCUT2D eigenvalue weighted by atomic mass is 32.2. The highest BCUT2D eigenvalue weighted by Crippen LogP contribution is 2.31. The van der Waals surface area contributed by atoms with Crippen LogP contribution in [0.25, 0.3) is 10.9 Å². The monoisotopic (exact) mass is 424 g/mol. The predicted molar refractivity (Wildman–Crippen MR) is 118 cm³/mol. The molecule has 2 aliphatic heterocycles. The van der Waals surface area contributed by atoms with Crippen molar-refractivity contribution in [3.05, 3.63) is 60.2 Å². The summed E-state index contributed by atoms with van der Waals surface area (Å²) in [6.07, 6.45) is -0.462. The van der Waals surface area contributed by atoms with Gasteiger partial charge in [0, 0.05) is 43.3 Å². The Balaban J connectivity index is 1.56. The molecule has 156 valence electrons. The summed E-state index contributed by atoms with van der Waals surface area (Å²) in [6.45, 7) is 2.10. The van der Waals surface area contributed by atoms with E-state index < -0.39 is 15.9 Å². The van der Waals surface area contributed by atoms with Gasteiger partial charge >= 0.3 is 0 Å². The lowest BCUT2D eigenvalue weighted by Crippen LogP contribution is -2.32. The van der Waals surface area contributed by atoms with Gasteiger partial charge in [0.25, 0.3) is 0 Å². The van der Waals surface area contributed by atoms with E-state index >= 15 is 0 Å². The SMILES string of the molecule is O=S1(=O)CCN(c2cc(N[C@@H]3CNC[C@H]3O)c3ccccc3n2)Cc2ccccc21. The minimum atomic E-state index is -3.32. The van der Waals surface area contributed by atoms with Crippen LogP contribution in [0.2, 0.25) is 0 Å². The average Bonchev–Trinajstić information content (AvgIpc) is 3.09. The fourth-order valence-corrected chi connectivity index (χ4v) is 5.71. The molecular formula is C22H24N4O3S. The van der Waals surface area contributed by atoms with E-state index in [0.29, 0.717) is 31.1 Å². The molecular weight excluding hydrogens is 400 g/mol. The first-order chi connectivity index (χ1) is 14.5. The Morgan fingerprint density at radius 1 is 1.10 bits per heavy atom. The lowest BCUT2D eigenvalue weighted by Gasteiger charge is -2.24.